The molecule has 1 aromatic heterocycles. The topological polar surface area (TPSA) is 71.1 Å². The molecule has 0 aliphatic carbocycles. The lowest BCUT2D eigenvalue weighted by atomic mass is 9.87. The Labute approximate surface area is 171 Å². The Bertz CT molecular complexity index is 991. The van der Waals surface area contributed by atoms with Crippen molar-refractivity contribution >= 4 is 17.5 Å². The molecule has 5 nitrogen and oxygen atoms in total. The predicted molar refractivity (Wildman–Crippen MR) is 115 cm³/mol. The maximum Gasteiger partial charge on any atom is 0.274 e. The summed E-state index contributed by atoms with van der Waals surface area (Å²) in [5.41, 5.74) is 3.31. The van der Waals surface area contributed by atoms with Gasteiger partial charge in [-0.1, -0.05) is 69.3 Å². The number of amides is 2. The standard InChI is InChI=1S/C24H25N3O2/c1-24(2,3)18-12-14-19(15-13-18)26-23(29)21-11-7-10-20(27-21)22(28)25-16-17-8-5-4-6-9-17/h4-15H,16H2,1-3H3,(H,25,28)(H,26,29). The molecule has 5 heteroatoms. The van der Waals surface area contributed by atoms with Crippen molar-refractivity contribution in [3.05, 3.63) is 95.3 Å². The fourth-order valence-corrected chi connectivity index (χ4v) is 2.81. The zero-order chi connectivity index (χ0) is 20.9. The van der Waals surface area contributed by atoms with Crippen molar-refractivity contribution in [3.8, 4) is 0 Å². The lowest BCUT2D eigenvalue weighted by Gasteiger charge is -2.19. The number of benzene rings is 2. The molecule has 0 fully saturated rings. The highest BCUT2D eigenvalue weighted by atomic mass is 16.2. The molecule has 2 aromatic carbocycles. The van der Waals surface area contributed by atoms with Gasteiger partial charge in [0.25, 0.3) is 11.8 Å². The second kappa shape index (κ2) is 8.69. The third-order valence-corrected chi connectivity index (χ3v) is 4.52. The quantitative estimate of drug-likeness (QED) is 0.674. The Balaban J connectivity index is 1.65. The minimum absolute atomic E-state index is 0.0472. The Kier molecular flexibility index (Phi) is 6.07. The van der Waals surface area contributed by atoms with Crippen LogP contribution in [0.3, 0.4) is 0 Å². The Hall–Kier alpha value is -3.47. The highest BCUT2D eigenvalue weighted by molar-refractivity contribution is 6.03. The molecule has 0 aliphatic heterocycles. The number of hydrogen-bond acceptors (Lipinski definition) is 3. The SMILES string of the molecule is CC(C)(C)c1ccc(NC(=O)c2cccc(C(=O)NCc3ccccc3)n2)cc1. The van der Waals surface area contributed by atoms with Crippen LogP contribution in [0, 0.1) is 0 Å². The molecule has 0 saturated heterocycles. The fourth-order valence-electron chi connectivity index (χ4n) is 2.81. The molecule has 148 valence electrons. The van der Waals surface area contributed by atoms with E-state index in [2.05, 4.69) is 36.4 Å². The number of pyridine rings is 1. The summed E-state index contributed by atoms with van der Waals surface area (Å²) in [6, 6.07) is 22.2. The van der Waals surface area contributed by atoms with E-state index in [9.17, 15) is 9.59 Å². The zero-order valence-corrected chi connectivity index (χ0v) is 16.9. The molecular weight excluding hydrogens is 362 g/mol. The lowest BCUT2D eigenvalue weighted by molar-refractivity contribution is 0.0945. The van der Waals surface area contributed by atoms with Crippen LogP contribution >= 0.6 is 0 Å². The van der Waals surface area contributed by atoms with Crippen molar-refractivity contribution in [1.82, 2.24) is 10.3 Å². The van der Waals surface area contributed by atoms with Gasteiger partial charge in [0.2, 0.25) is 0 Å². The second-order valence-electron chi connectivity index (χ2n) is 7.86. The first-order valence-corrected chi connectivity index (χ1v) is 9.54. The highest BCUT2D eigenvalue weighted by Gasteiger charge is 2.15. The Morgan fingerprint density at radius 3 is 2.03 bits per heavy atom. The summed E-state index contributed by atoms with van der Waals surface area (Å²) < 4.78 is 0. The van der Waals surface area contributed by atoms with E-state index in [1.54, 1.807) is 18.2 Å². The summed E-state index contributed by atoms with van der Waals surface area (Å²) in [7, 11) is 0. The molecule has 0 radical (unpaired) electrons. The van der Waals surface area contributed by atoms with E-state index in [0.717, 1.165) is 5.56 Å². The van der Waals surface area contributed by atoms with Gasteiger partial charge in [-0.15, -0.1) is 0 Å². The normalized spacial score (nSPS) is 11.0. The first-order chi connectivity index (χ1) is 13.8. The zero-order valence-electron chi connectivity index (χ0n) is 16.9. The maximum absolute atomic E-state index is 12.5. The molecule has 0 bridgehead atoms. The molecule has 1 heterocycles. The van der Waals surface area contributed by atoms with E-state index in [-0.39, 0.29) is 28.6 Å². The number of carbonyl (C=O) groups excluding carboxylic acids is 2. The van der Waals surface area contributed by atoms with Gasteiger partial charge < -0.3 is 10.6 Å². The van der Waals surface area contributed by atoms with Crippen molar-refractivity contribution in [2.24, 2.45) is 0 Å². The Morgan fingerprint density at radius 1 is 0.793 bits per heavy atom. The van der Waals surface area contributed by atoms with Crippen LogP contribution in [0.2, 0.25) is 0 Å². The number of aromatic nitrogens is 1. The number of carbonyl (C=O) groups is 2. The summed E-state index contributed by atoms with van der Waals surface area (Å²) in [4.78, 5) is 29.1. The number of hydrogen-bond donors (Lipinski definition) is 2. The molecule has 0 unspecified atom stereocenters. The first kappa shape index (κ1) is 20.3. The van der Waals surface area contributed by atoms with Gasteiger partial charge in [-0.2, -0.15) is 0 Å². The second-order valence-corrected chi connectivity index (χ2v) is 7.86. The largest absolute Gasteiger partial charge is 0.347 e. The van der Waals surface area contributed by atoms with Gasteiger partial charge >= 0.3 is 0 Å². The molecule has 2 amide bonds. The van der Waals surface area contributed by atoms with E-state index < -0.39 is 0 Å². The molecule has 29 heavy (non-hydrogen) atoms. The van der Waals surface area contributed by atoms with E-state index in [1.807, 2.05) is 54.6 Å². The summed E-state index contributed by atoms with van der Waals surface area (Å²) in [5.74, 6) is -0.677. The van der Waals surface area contributed by atoms with Crippen LogP contribution in [0.4, 0.5) is 5.69 Å². The van der Waals surface area contributed by atoms with Crippen molar-refractivity contribution in [1.29, 1.82) is 0 Å². The average Bonchev–Trinajstić information content (AvgIpc) is 2.72. The van der Waals surface area contributed by atoms with Crippen molar-refractivity contribution in [2.45, 2.75) is 32.7 Å². The summed E-state index contributed by atoms with van der Waals surface area (Å²) in [5, 5.41) is 5.65. The summed E-state index contributed by atoms with van der Waals surface area (Å²) in [6.45, 7) is 6.81. The van der Waals surface area contributed by atoms with Crippen LogP contribution in [0.25, 0.3) is 0 Å². The van der Waals surface area contributed by atoms with Crippen molar-refractivity contribution in [2.75, 3.05) is 5.32 Å². The van der Waals surface area contributed by atoms with Crippen LogP contribution < -0.4 is 10.6 Å². The molecule has 0 spiro atoms. The smallest absolute Gasteiger partial charge is 0.274 e. The van der Waals surface area contributed by atoms with E-state index in [0.29, 0.717) is 12.2 Å². The van der Waals surface area contributed by atoms with Crippen molar-refractivity contribution < 1.29 is 9.59 Å². The third-order valence-electron chi connectivity index (χ3n) is 4.52. The maximum atomic E-state index is 12.5. The minimum Gasteiger partial charge on any atom is -0.347 e. The average molecular weight is 387 g/mol. The molecule has 3 rings (SSSR count). The highest BCUT2D eigenvalue weighted by Crippen LogP contribution is 2.23. The van der Waals surface area contributed by atoms with Gasteiger partial charge in [0.05, 0.1) is 0 Å². The van der Waals surface area contributed by atoms with Crippen LogP contribution in [0.15, 0.2) is 72.8 Å². The molecule has 2 N–H and O–H groups in total. The van der Waals surface area contributed by atoms with Crippen molar-refractivity contribution in [3.63, 3.8) is 0 Å². The number of nitrogens with zero attached hydrogens (tertiary/aromatic N) is 1. The molecular formula is C24H25N3O2. The van der Waals surface area contributed by atoms with Crippen LogP contribution in [-0.2, 0) is 12.0 Å². The summed E-state index contributed by atoms with van der Waals surface area (Å²) in [6.07, 6.45) is 0. The first-order valence-electron chi connectivity index (χ1n) is 9.54. The van der Waals surface area contributed by atoms with E-state index in [1.165, 1.54) is 5.56 Å². The van der Waals surface area contributed by atoms with E-state index in [4.69, 9.17) is 0 Å². The van der Waals surface area contributed by atoms with Gasteiger partial charge in [-0.05, 0) is 40.8 Å². The molecule has 0 atom stereocenters. The third kappa shape index (κ3) is 5.51. The van der Waals surface area contributed by atoms with Crippen LogP contribution in [0.5, 0.6) is 0 Å². The lowest BCUT2D eigenvalue weighted by Crippen LogP contribution is -2.25. The number of rotatable bonds is 5. The molecule has 0 saturated carbocycles. The fraction of sp³-hybridized carbons (Fsp3) is 0.208. The summed E-state index contributed by atoms with van der Waals surface area (Å²) >= 11 is 0. The van der Waals surface area contributed by atoms with Crippen LogP contribution in [0.1, 0.15) is 52.9 Å². The van der Waals surface area contributed by atoms with Gasteiger partial charge in [0.1, 0.15) is 11.4 Å². The molecule has 3 aromatic rings. The predicted octanol–water partition coefficient (Wildman–Crippen LogP) is 4.56. The van der Waals surface area contributed by atoms with Gasteiger partial charge in [-0.3, -0.25) is 9.59 Å². The number of anilines is 1. The Morgan fingerprint density at radius 2 is 1.41 bits per heavy atom. The minimum atomic E-state index is -0.355. The van der Waals surface area contributed by atoms with E-state index >= 15 is 0 Å². The molecule has 0 aliphatic rings. The van der Waals surface area contributed by atoms with Gasteiger partial charge in [0.15, 0.2) is 0 Å². The van der Waals surface area contributed by atoms with Gasteiger partial charge in [0, 0.05) is 12.2 Å². The van der Waals surface area contributed by atoms with Crippen LogP contribution in [-0.4, -0.2) is 16.8 Å². The van der Waals surface area contributed by atoms with Gasteiger partial charge in [-0.25, -0.2) is 4.98 Å². The monoisotopic (exact) mass is 387 g/mol. The number of nitrogens with one attached hydrogen (secondary N) is 2.